The molecule has 3 aromatic rings. The molecule has 6 nitrogen and oxygen atoms in total. The van der Waals surface area contributed by atoms with Gasteiger partial charge in [-0.2, -0.15) is 5.10 Å². The Hall–Kier alpha value is -2.80. The Bertz CT molecular complexity index is 934. The van der Waals surface area contributed by atoms with Crippen molar-refractivity contribution >= 4 is 15.7 Å². The molecule has 2 N–H and O–H groups in total. The zero-order chi connectivity index (χ0) is 16.4. The van der Waals surface area contributed by atoms with Crippen molar-refractivity contribution in [1.82, 2.24) is 9.78 Å². The summed E-state index contributed by atoms with van der Waals surface area (Å²) in [5.74, 6) is -0.0121. The minimum absolute atomic E-state index is 0.0121. The van der Waals surface area contributed by atoms with Gasteiger partial charge >= 0.3 is 0 Å². The molecule has 3 rings (SSSR count). The highest BCUT2D eigenvalue weighted by Crippen LogP contribution is 2.22. The molecule has 0 aliphatic heterocycles. The highest BCUT2D eigenvalue weighted by molar-refractivity contribution is 7.92. The number of aryl methyl sites for hydroxylation is 1. The number of nitrogens with zero attached hydrogens (tertiary/aromatic N) is 2. The van der Waals surface area contributed by atoms with Crippen LogP contribution in [0.25, 0.3) is 5.69 Å². The first-order valence-electron chi connectivity index (χ1n) is 6.89. The SMILES string of the molecule is Cc1nn(-c2ccccc2)cc1S(=O)(=O)Nc1cccc(O)c1. The van der Waals surface area contributed by atoms with E-state index < -0.39 is 10.0 Å². The minimum atomic E-state index is -3.79. The number of phenols is 1. The molecule has 0 saturated carbocycles. The number of nitrogens with one attached hydrogen (secondary N) is 1. The lowest BCUT2D eigenvalue weighted by Gasteiger charge is -2.07. The topological polar surface area (TPSA) is 84.2 Å². The van der Waals surface area contributed by atoms with Crippen LogP contribution in [0.3, 0.4) is 0 Å². The van der Waals surface area contributed by atoms with Gasteiger partial charge in [-0.25, -0.2) is 13.1 Å². The summed E-state index contributed by atoms with van der Waals surface area (Å²) < 4.78 is 29.0. The third-order valence-electron chi connectivity index (χ3n) is 3.26. The van der Waals surface area contributed by atoms with Crippen LogP contribution in [-0.2, 0) is 10.0 Å². The predicted octanol–water partition coefficient (Wildman–Crippen LogP) is 2.69. The Morgan fingerprint density at radius 1 is 1.09 bits per heavy atom. The number of rotatable bonds is 4. The van der Waals surface area contributed by atoms with Crippen molar-refractivity contribution in [3.8, 4) is 11.4 Å². The van der Waals surface area contributed by atoms with E-state index in [1.165, 1.54) is 23.0 Å². The Morgan fingerprint density at radius 3 is 2.52 bits per heavy atom. The lowest BCUT2D eigenvalue weighted by atomic mass is 10.3. The van der Waals surface area contributed by atoms with Gasteiger partial charge in [-0.05, 0) is 31.2 Å². The Kier molecular flexibility index (Phi) is 3.79. The first kappa shape index (κ1) is 15.1. The highest BCUT2D eigenvalue weighted by atomic mass is 32.2. The maximum atomic E-state index is 12.5. The molecule has 0 saturated heterocycles. The molecule has 0 radical (unpaired) electrons. The maximum Gasteiger partial charge on any atom is 0.265 e. The average Bonchev–Trinajstić information content (AvgIpc) is 2.91. The minimum Gasteiger partial charge on any atom is -0.508 e. The van der Waals surface area contributed by atoms with E-state index in [0.717, 1.165) is 5.69 Å². The smallest absolute Gasteiger partial charge is 0.265 e. The lowest BCUT2D eigenvalue weighted by Crippen LogP contribution is -2.13. The molecular weight excluding hydrogens is 314 g/mol. The molecule has 0 atom stereocenters. The summed E-state index contributed by atoms with van der Waals surface area (Å²) in [6, 6.07) is 15.2. The normalized spacial score (nSPS) is 11.3. The van der Waals surface area contributed by atoms with Crippen molar-refractivity contribution in [2.45, 2.75) is 11.8 Å². The number of hydrogen-bond acceptors (Lipinski definition) is 4. The van der Waals surface area contributed by atoms with Gasteiger partial charge in [0.25, 0.3) is 10.0 Å². The molecule has 0 aliphatic rings. The number of anilines is 1. The summed E-state index contributed by atoms with van der Waals surface area (Å²) in [7, 11) is -3.79. The monoisotopic (exact) mass is 329 g/mol. The van der Waals surface area contributed by atoms with Crippen LogP contribution < -0.4 is 4.72 Å². The molecule has 2 aromatic carbocycles. The summed E-state index contributed by atoms with van der Waals surface area (Å²) in [6.45, 7) is 1.64. The number of sulfonamides is 1. The fourth-order valence-electron chi connectivity index (χ4n) is 2.20. The molecule has 0 aliphatic carbocycles. The number of aromatic nitrogens is 2. The molecule has 0 bridgehead atoms. The second-order valence-electron chi connectivity index (χ2n) is 5.01. The van der Waals surface area contributed by atoms with Crippen molar-refractivity contribution in [2.75, 3.05) is 4.72 Å². The van der Waals surface area contributed by atoms with E-state index in [-0.39, 0.29) is 16.3 Å². The molecule has 0 fully saturated rings. The van der Waals surface area contributed by atoms with Crippen molar-refractivity contribution in [1.29, 1.82) is 0 Å². The van der Waals surface area contributed by atoms with E-state index in [2.05, 4.69) is 9.82 Å². The molecule has 0 unspecified atom stereocenters. The van der Waals surface area contributed by atoms with Gasteiger partial charge in [-0.1, -0.05) is 24.3 Å². The summed E-state index contributed by atoms with van der Waals surface area (Å²) in [5.41, 5.74) is 1.45. The van der Waals surface area contributed by atoms with Gasteiger partial charge in [0.2, 0.25) is 0 Å². The molecular formula is C16H15N3O3S. The fourth-order valence-corrected chi connectivity index (χ4v) is 3.42. The van der Waals surface area contributed by atoms with Crippen molar-refractivity contribution in [3.05, 3.63) is 66.5 Å². The van der Waals surface area contributed by atoms with Gasteiger partial charge < -0.3 is 5.11 Å². The Balaban J connectivity index is 1.96. The number of hydrogen-bond donors (Lipinski definition) is 2. The van der Waals surface area contributed by atoms with Crippen LogP contribution in [0.15, 0.2) is 65.7 Å². The van der Waals surface area contributed by atoms with Crippen molar-refractivity contribution in [2.24, 2.45) is 0 Å². The second-order valence-corrected chi connectivity index (χ2v) is 6.67. The van der Waals surface area contributed by atoms with Gasteiger partial charge in [-0.15, -0.1) is 0 Å². The van der Waals surface area contributed by atoms with Gasteiger partial charge in [-0.3, -0.25) is 4.72 Å². The van der Waals surface area contributed by atoms with Crippen molar-refractivity contribution in [3.63, 3.8) is 0 Å². The van der Waals surface area contributed by atoms with Gasteiger partial charge in [0.15, 0.2) is 0 Å². The van der Waals surface area contributed by atoms with E-state index in [1.54, 1.807) is 19.1 Å². The van der Waals surface area contributed by atoms with Gasteiger partial charge in [0.1, 0.15) is 10.6 Å². The molecule has 1 aromatic heterocycles. The largest absolute Gasteiger partial charge is 0.508 e. The van der Waals surface area contributed by atoms with Gasteiger partial charge in [0, 0.05) is 6.07 Å². The van der Waals surface area contributed by atoms with Crippen LogP contribution in [-0.4, -0.2) is 23.3 Å². The molecule has 7 heteroatoms. The van der Waals surface area contributed by atoms with Crippen LogP contribution in [0.4, 0.5) is 5.69 Å². The molecule has 0 spiro atoms. The van der Waals surface area contributed by atoms with E-state index in [1.807, 2.05) is 30.3 Å². The van der Waals surface area contributed by atoms with E-state index in [9.17, 15) is 13.5 Å². The van der Waals surface area contributed by atoms with Gasteiger partial charge in [0.05, 0.1) is 23.3 Å². The third kappa shape index (κ3) is 3.19. The van der Waals surface area contributed by atoms with E-state index in [0.29, 0.717) is 5.69 Å². The Labute approximate surface area is 134 Å². The zero-order valence-corrected chi connectivity index (χ0v) is 13.2. The average molecular weight is 329 g/mol. The number of benzene rings is 2. The number of para-hydroxylation sites is 1. The zero-order valence-electron chi connectivity index (χ0n) is 12.3. The first-order valence-corrected chi connectivity index (χ1v) is 8.37. The van der Waals surface area contributed by atoms with Crippen LogP contribution in [0.5, 0.6) is 5.75 Å². The maximum absolute atomic E-state index is 12.5. The first-order chi connectivity index (χ1) is 11.0. The fraction of sp³-hybridized carbons (Fsp3) is 0.0625. The molecule has 0 amide bonds. The quantitative estimate of drug-likeness (QED) is 0.771. The molecule has 1 heterocycles. The summed E-state index contributed by atoms with van der Waals surface area (Å²) in [4.78, 5) is 0.0877. The summed E-state index contributed by atoms with van der Waals surface area (Å²) >= 11 is 0. The molecule has 118 valence electrons. The van der Waals surface area contributed by atoms with Crippen LogP contribution >= 0.6 is 0 Å². The van der Waals surface area contributed by atoms with E-state index in [4.69, 9.17) is 0 Å². The summed E-state index contributed by atoms with van der Waals surface area (Å²) in [5, 5.41) is 13.7. The van der Waals surface area contributed by atoms with Crippen LogP contribution in [0.1, 0.15) is 5.69 Å². The molecule has 23 heavy (non-hydrogen) atoms. The highest BCUT2D eigenvalue weighted by Gasteiger charge is 2.21. The third-order valence-corrected chi connectivity index (χ3v) is 4.75. The Morgan fingerprint density at radius 2 is 1.83 bits per heavy atom. The predicted molar refractivity (Wildman–Crippen MR) is 87.2 cm³/mol. The van der Waals surface area contributed by atoms with Crippen LogP contribution in [0, 0.1) is 6.92 Å². The van der Waals surface area contributed by atoms with E-state index >= 15 is 0 Å². The number of phenolic OH excluding ortho intramolecular Hbond substituents is 1. The number of aromatic hydroxyl groups is 1. The lowest BCUT2D eigenvalue weighted by molar-refractivity contribution is 0.475. The second kappa shape index (κ2) is 5.77. The van der Waals surface area contributed by atoms with Crippen molar-refractivity contribution < 1.29 is 13.5 Å². The standard InChI is InChI=1S/C16H15N3O3S/c1-12-16(11-19(17-12)14-7-3-2-4-8-14)23(21,22)18-13-6-5-9-15(20)10-13/h2-11,18,20H,1H3. The van der Waals surface area contributed by atoms with Crippen LogP contribution in [0.2, 0.25) is 0 Å². The summed E-state index contributed by atoms with van der Waals surface area (Å²) in [6.07, 6.45) is 1.47.